The van der Waals surface area contributed by atoms with Crippen molar-refractivity contribution in [2.45, 2.75) is 31.2 Å². The smallest absolute Gasteiger partial charge is 0.0954 e. The first-order valence-electron chi connectivity index (χ1n) is 5.53. The number of fused-ring (bicyclic) bond motifs is 1. The van der Waals surface area contributed by atoms with Crippen LogP contribution in [-0.2, 0) is 12.3 Å². The molecule has 84 valence electrons. The molecule has 2 heterocycles. The van der Waals surface area contributed by atoms with E-state index in [1.807, 2.05) is 23.9 Å². The maximum absolute atomic E-state index is 5.94. The van der Waals surface area contributed by atoms with Crippen molar-refractivity contribution in [3.63, 3.8) is 0 Å². The topological polar surface area (TPSA) is 17.8 Å². The Morgan fingerprint density at radius 3 is 3.38 bits per heavy atom. The van der Waals surface area contributed by atoms with E-state index in [2.05, 4.69) is 21.0 Å². The van der Waals surface area contributed by atoms with Gasteiger partial charge >= 0.3 is 0 Å². The summed E-state index contributed by atoms with van der Waals surface area (Å²) in [6.45, 7) is 0. The lowest BCUT2D eigenvalue weighted by atomic mass is 9.94. The van der Waals surface area contributed by atoms with Gasteiger partial charge in [-0.15, -0.1) is 22.9 Å². The van der Waals surface area contributed by atoms with Crippen LogP contribution in [0.1, 0.15) is 35.0 Å². The van der Waals surface area contributed by atoms with Crippen LogP contribution in [0.4, 0.5) is 0 Å². The molecule has 0 aliphatic heterocycles. The number of aromatic nitrogens is 2. The average Bonchev–Trinajstić information content (AvgIpc) is 2.96. The first-order valence-corrected chi connectivity index (χ1v) is 6.94. The minimum absolute atomic E-state index is 0.450. The van der Waals surface area contributed by atoms with Gasteiger partial charge in [-0.1, -0.05) is 0 Å². The molecule has 1 atom stereocenters. The van der Waals surface area contributed by atoms with Gasteiger partial charge in [0.05, 0.1) is 23.9 Å². The normalized spacial score (nSPS) is 19.7. The number of imidazole rings is 1. The van der Waals surface area contributed by atoms with Gasteiger partial charge in [0.15, 0.2) is 0 Å². The van der Waals surface area contributed by atoms with Crippen molar-refractivity contribution in [1.82, 2.24) is 9.55 Å². The van der Waals surface area contributed by atoms with Crippen LogP contribution in [-0.4, -0.2) is 9.55 Å². The predicted molar refractivity (Wildman–Crippen MR) is 67.2 cm³/mol. The van der Waals surface area contributed by atoms with Crippen LogP contribution in [0.3, 0.4) is 0 Å². The molecule has 0 saturated carbocycles. The summed E-state index contributed by atoms with van der Waals surface area (Å²) in [5, 5.41) is 2.19. The highest BCUT2D eigenvalue weighted by atomic mass is 35.5. The Balaban J connectivity index is 2.04. The molecule has 2 nitrogen and oxygen atoms in total. The molecule has 2 aromatic heterocycles. The molecule has 1 unspecified atom stereocenters. The largest absolute Gasteiger partial charge is 0.326 e. The lowest BCUT2D eigenvalue weighted by Gasteiger charge is -2.25. The minimum atomic E-state index is 0.450. The number of thiophene rings is 1. The van der Waals surface area contributed by atoms with E-state index < -0.39 is 0 Å². The van der Waals surface area contributed by atoms with Crippen LogP contribution in [0.2, 0.25) is 0 Å². The highest BCUT2D eigenvalue weighted by molar-refractivity contribution is 7.10. The third kappa shape index (κ3) is 1.59. The SMILES string of the molecule is ClCc1cncn1C1CCCc2sccc21. The molecule has 3 rings (SSSR count). The highest BCUT2D eigenvalue weighted by Crippen LogP contribution is 2.36. The van der Waals surface area contributed by atoms with E-state index in [1.54, 1.807) is 0 Å². The van der Waals surface area contributed by atoms with Crippen molar-refractivity contribution < 1.29 is 0 Å². The molecule has 1 aliphatic rings. The molecule has 0 aromatic carbocycles. The van der Waals surface area contributed by atoms with Crippen LogP contribution < -0.4 is 0 Å². The van der Waals surface area contributed by atoms with Crippen molar-refractivity contribution in [2.24, 2.45) is 0 Å². The van der Waals surface area contributed by atoms with Gasteiger partial charge in [-0.2, -0.15) is 0 Å². The standard InChI is InChI=1S/C12H13ClN2S/c13-6-9-7-14-8-15(9)11-2-1-3-12-10(11)4-5-16-12/h4-5,7-8,11H,1-3,6H2. The molecular formula is C12H13ClN2S. The lowest BCUT2D eigenvalue weighted by molar-refractivity contribution is 0.486. The maximum Gasteiger partial charge on any atom is 0.0954 e. The fraction of sp³-hybridized carbons (Fsp3) is 0.417. The first kappa shape index (κ1) is 10.4. The molecule has 0 spiro atoms. The Kier molecular flexibility index (Phi) is 2.74. The number of alkyl halides is 1. The van der Waals surface area contributed by atoms with E-state index in [-0.39, 0.29) is 0 Å². The van der Waals surface area contributed by atoms with Crippen molar-refractivity contribution in [1.29, 1.82) is 0 Å². The maximum atomic E-state index is 5.94. The third-order valence-electron chi connectivity index (χ3n) is 3.24. The molecule has 0 saturated heterocycles. The molecule has 4 heteroatoms. The van der Waals surface area contributed by atoms with Gasteiger partial charge in [-0.25, -0.2) is 4.98 Å². The van der Waals surface area contributed by atoms with Gasteiger partial charge in [0.1, 0.15) is 0 Å². The van der Waals surface area contributed by atoms with Gasteiger partial charge in [-0.05, 0) is 36.3 Å². The van der Waals surface area contributed by atoms with Gasteiger partial charge in [0.2, 0.25) is 0 Å². The fourth-order valence-electron chi connectivity index (χ4n) is 2.47. The zero-order chi connectivity index (χ0) is 11.0. The molecule has 0 radical (unpaired) electrons. The molecule has 2 aromatic rings. The summed E-state index contributed by atoms with van der Waals surface area (Å²) in [5.41, 5.74) is 2.59. The summed E-state index contributed by atoms with van der Waals surface area (Å²) < 4.78 is 2.23. The Labute approximate surface area is 104 Å². The second-order valence-electron chi connectivity index (χ2n) is 4.13. The van der Waals surface area contributed by atoms with E-state index in [4.69, 9.17) is 11.6 Å². The molecule has 0 N–H and O–H groups in total. The van der Waals surface area contributed by atoms with Crippen molar-refractivity contribution in [3.05, 3.63) is 40.1 Å². The molecule has 16 heavy (non-hydrogen) atoms. The minimum Gasteiger partial charge on any atom is -0.326 e. The predicted octanol–water partition coefficient (Wildman–Crippen LogP) is 3.61. The molecule has 0 amide bonds. The third-order valence-corrected chi connectivity index (χ3v) is 4.51. The van der Waals surface area contributed by atoms with Gasteiger partial charge < -0.3 is 4.57 Å². The number of rotatable bonds is 2. The van der Waals surface area contributed by atoms with Gasteiger partial charge in [0, 0.05) is 11.1 Å². The van der Waals surface area contributed by atoms with Crippen molar-refractivity contribution in [3.8, 4) is 0 Å². The summed E-state index contributed by atoms with van der Waals surface area (Å²) in [6, 6.07) is 2.70. The number of hydrogen-bond donors (Lipinski definition) is 0. The second kappa shape index (κ2) is 4.22. The molecule has 0 bridgehead atoms. The fourth-order valence-corrected chi connectivity index (χ4v) is 3.66. The molecule has 1 aliphatic carbocycles. The summed E-state index contributed by atoms with van der Waals surface area (Å²) >= 11 is 7.81. The van der Waals surface area contributed by atoms with E-state index in [0.29, 0.717) is 11.9 Å². The van der Waals surface area contributed by atoms with Gasteiger partial charge in [0.25, 0.3) is 0 Å². The quantitative estimate of drug-likeness (QED) is 0.747. The Hall–Kier alpha value is -0.800. The molecule has 0 fully saturated rings. The van der Waals surface area contributed by atoms with Crippen LogP contribution >= 0.6 is 22.9 Å². The molecular weight excluding hydrogens is 240 g/mol. The van der Waals surface area contributed by atoms with Crippen LogP contribution in [0.15, 0.2) is 24.0 Å². The van der Waals surface area contributed by atoms with Crippen molar-refractivity contribution in [2.75, 3.05) is 0 Å². The number of halogens is 1. The second-order valence-corrected chi connectivity index (χ2v) is 5.40. The van der Waals surface area contributed by atoms with Crippen molar-refractivity contribution >= 4 is 22.9 Å². The van der Waals surface area contributed by atoms with Crippen LogP contribution in [0, 0.1) is 0 Å². The summed E-state index contributed by atoms with van der Waals surface area (Å²) in [7, 11) is 0. The Morgan fingerprint density at radius 1 is 1.56 bits per heavy atom. The first-order chi connectivity index (χ1) is 7.90. The summed E-state index contributed by atoms with van der Waals surface area (Å²) in [4.78, 5) is 5.74. The lowest BCUT2D eigenvalue weighted by Crippen LogP contribution is -2.16. The number of hydrogen-bond acceptors (Lipinski definition) is 2. The summed E-state index contributed by atoms with van der Waals surface area (Å²) in [5.74, 6) is 0.538. The van der Waals surface area contributed by atoms with E-state index in [0.717, 1.165) is 5.69 Å². The Morgan fingerprint density at radius 2 is 2.50 bits per heavy atom. The van der Waals surface area contributed by atoms with E-state index >= 15 is 0 Å². The highest BCUT2D eigenvalue weighted by Gasteiger charge is 2.23. The Bertz CT molecular complexity index is 489. The number of nitrogens with zero attached hydrogens (tertiary/aromatic N) is 2. The zero-order valence-corrected chi connectivity index (χ0v) is 10.5. The average molecular weight is 253 g/mol. The number of aryl methyl sites for hydroxylation is 1. The van der Waals surface area contributed by atoms with Crippen LogP contribution in [0.25, 0.3) is 0 Å². The van der Waals surface area contributed by atoms with Gasteiger partial charge in [-0.3, -0.25) is 0 Å². The summed E-state index contributed by atoms with van der Waals surface area (Å²) in [6.07, 6.45) is 7.47. The van der Waals surface area contributed by atoms with E-state index in [9.17, 15) is 0 Å². The van der Waals surface area contributed by atoms with Crippen LogP contribution in [0.5, 0.6) is 0 Å². The van der Waals surface area contributed by atoms with E-state index in [1.165, 1.54) is 29.7 Å². The zero-order valence-electron chi connectivity index (χ0n) is 8.90. The monoisotopic (exact) mass is 252 g/mol.